The van der Waals surface area contributed by atoms with Gasteiger partial charge in [-0.1, -0.05) is 127 Å². The molecule has 1 aliphatic rings. The summed E-state index contributed by atoms with van der Waals surface area (Å²) < 4.78 is 4.98. The van der Waals surface area contributed by atoms with Gasteiger partial charge in [0, 0.05) is 47.9 Å². The molecule has 0 unspecified atom stereocenters. The van der Waals surface area contributed by atoms with Crippen molar-refractivity contribution >= 4 is 70.3 Å². The maximum absolute atomic E-state index is 5.34. The summed E-state index contributed by atoms with van der Waals surface area (Å²) in [6.07, 6.45) is 6.52. The number of thiophene rings is 1. The Kier molecular flexibility index (Phi) is 7.51. The second-order valence-electron chi connectivity index (χ2n) is 13.4. The van der Waals surface area contributed by atoms with Crippen LogP contribution in [-0.4, -0.2) is 10.3 Å². The molecule has 1 aliphatic heterocycles. The Bertz CT molecular complexity index is 2870. The molecule has 246 valence electrons. The molecule has 0 N–H and O–H groups in total. The Balaban J connectivity index is 1.12. The normalized spacial score (nSPS) is 15.6. The summed E-state index contributed by atoms with van der Waals surface area (Å²) in [4.78, 5) is 5.34. The number of aromatic nitrogens is 1. The third-order valence-electron chi connectivity index (χ3n) is 10.3. The van der Waals surface area contributed by atoms with Crippen molar-refractivity contribution in [3.8, 4) is 16.8 Å². The lowest BCUT2D eigenvalue weighted by Crippen LogP contribution is -2.03. The Morgan fingerprint density at radius 1 is 0.500 bits per heavy atom. The number of benzene rings is 7. The van der Waals surface area contributed by atoms with E-state index in [0.717, 1.165) is 29.8 Å². The molecule has 9 aromatic rings. The van der Waals surface area contributed by atoms with Crippen LogP contribution in [0.1, 0.15) is 29.5 Å². The molecule has 2 nitrogen and oxygen atoms in total. The number of hydrogen-bond acceptors (Lipinski definition) is 2. The molecule has 0 spiro atoms. The van der Waals surface area contributed by atoms with Crippen LogP contribution in [0.3, 0.4) is 0 Å². The summed E-state index contributed by atoms with van der Waals surface area (Å²) in [7, 11) is 0. The first-order chi connectivity index (χ1) is 25.8. The molecule has 0 aliphatic carbocycles. The van der Waals surface area contributed by atoms with Gasteiger partial charge in [0.15, 0.2) is 0 Å². The zero-order chi connectivity index (χ0) is 34.4. The summed E-state index contributed by atoms with van der Waals surface area (Å²) in [5.41, 5.74) is 13.0. The molecule has 52 heavy (non-hydrogen) atoms. The molecule has 3 heteroatoms. The minimum Gasteiger partial charge on any atom is -0.309 e. The van der Waals surface area contributed by atoms with Gasteiger partial charge in [0.1, 0.15) is 0 Å². The largest absolute Gasteiger partial charge is 0.309 e. The molecule has 0 bridgehead atoms. The van der Waals surface area contributed by atoms with E-state index in [2.05, 4.69) is 187 Å². The Morgan fingerprint density at radius 3 is 1.98 bits per heavy atom. The highest BCUT2D eigenvalue weighted by molar-refractivity contribution is 7.25. The van der Waals surface area contributed by atoms with Gasteiger partial charge in [0.2, 0.25) is 0 Å². The van der Waals surface area contributed by atoms with Gasteiger partial charge in [0.05, 0.1) is 16.7 Å². The Labute approximate surface area is 307 Å². The van der Waals surface area contributed by atoms with Gasteiger partial charge in [-0.15, -0.1) is 11.3 Å². The van der Waals surface area contributed by atoms with Crippen molar-refractivity contribution in [3.63, 3.8) is 0 Å². The maximum Gasteiger partial charge on any atom is 0.0711 e. The molecule has 0 atom stereocenters. The van der Waals surface area contributed by atoms with Crippen LogP contribution in [0.15, 0.2) is 187 Å². The molecular formula is C49H34N2S. The van der Waals surface area contributed by atoms with Crippen molar-refractivity contribution in [2.75, 3.05) is 0 Å². The van der Waals surface area contributed by atoms with Crippen molar-refractivity contribution in [1.82, 2.24) is 4.57 Å². The van der Waals surface area contributed by atoms with Gasteiger partial charge in [-0.2, -0.15) is 0 Å². The van der Waals surface area contributed by atoms with Crippen molar-refractivity contribution in [2.45, 2.75) is 12.8 Å². The average molecular weight is 683 g/mol. The molecule has 0 amide bonds. The first-order valence-electron chi connectivity index (χ1n) is 17.9. The van der Waals surface area contributed by atoms with Crippen molar-refractivity contribution in [3.05, 3.63) is 199 Å². The van der Waals surface area contributed by atoms with E-state index < -0.39 is 0 Å². The predicted octanol–water partition coefficient (Wildman–Crippen LogP) is 13.5. The summed E-state index contributed by atoms with van der Waals surface area (Å²) in [5.74, 6) is 0. The molecule has 2 aromatic heterocycles. The first-order valence-corrected chi connectivity index (χ1v) is 18.8. The Hall–Kier alpha value is -6.29. The topological polar surface area (TPSA) is 17.3 Å². The zero-order valence-corrected chi connectivity index (χ0v) is 29.4. The van der Waals surface area contributed by atoms with Crippen LogP contribution < -0.4 is 0 Å². The quantitative estimate of drug-likeness (QED) is 0.172. The van der Waals surface area contributed by atoms with E-state index in [4.69, 9.17) is 4.99 Å². The molecule has 0 fully saturated rings. The number of rotatable bonds is 5. The highest BCUT2D eigenvalue weighted by Crippen LogP contribution is 2.42. The highest BCUT2D eigenvalue weighted by Gasteiger charge is 2.17. The fraction of sp³-hybridized carbons (Fsp3) is 0.0408. The van der Waals surface area contributed by atoms with E-state index in [0.29, 0.717) is 0 Å². The van der Waals surface area contributed by atoms with Crippen LogP contribution in [0.5, 0.6) is 0 Å². The predicted molar refractivity (Wildman–Crippen MR) is 224 cm³/mol. The van der Waals surface area contributed by atoms with Gasteiger partial charge >= 0.3 is 0 Å². The smallest absolute Gasteiger partial charge is 0.0711 e. The van der Waals surface area contributed by atoms with Crippen LogP contribution in [0, 0.1) is 0 Å². The molecular weight excluding hydrogens is 649 g/mol. The molecule has 7 aromatic carbocycles. The number of para-hydroxylation sites is 2. The number of hydrogen-bond donors (Lipinski definition) is 0. The van der Waals surface area contributed by atoms with E-state index in [1.165, 1.54) is 75.5 Å². The number of nitrogens with zero attached hydrogens (tertiary/aromatic N) is 2. The summed E-state index contributed by atoms with van der Waals surface area (Å²) in [6.45, 7) is 0. The van der Waals surface area contributed by atoms with Gasteiger partial charge < -0.3 is 4.57 Å². The van der Waals surface area contributed by atoms with E-state index in [-0.39, 0.29) is 0 Å². The minimum atomic E-state index is 0.880. The van der Waals surface area contributed by atoms with Gasteiger partial charge in [-0.25, -0.2) is 0 Å². The molecule has 0 saturated heterocycles. The van der Waals surface area contributed by atoms with Crippen LogP contribution in [0.2, 0.25) is 0 Å². The molecule has 10 rings (SSSR count). The zero-order valence-electron chi connectivity index (χ0n) is 28.5. The van der Waals surface area contributed by atoms with Gasteiger partial charge in [0.25, 0.3) is 0 Å². The lowest BCUT2D eigenvalue weighted by molar-refractivity contribution is 1.09. The molecule has 0 radical (unpaired) electrons. The molecule has 3 heterocycles. The van der Waals surface area contributed by atoms with Gasteiger partial charge in [-0.3, -0.25) is 4.99 Å². The maximum atomic E-state index is 5.34. The lowest BCUT2D eigenvalue weighted by atomic mass is 9.93. The standard InChI is InChI=1S/C49H34N2S/c1-4-14-33(15-5-1)43-23-12-18-37(32-44(50-43)34-16-6-2-7-17-34)39-22-13-25-48-49(39)42-31-36(27-29-47(42)52-48)35-26-28-46-41(30-35)40-21-10-11-24-45(40)51(46)38-19-8-3-9-20-38/h1-11,13-22,24-32H,12,23H2/b37-18+,44-32-,50-43?. The van der Waals surface area contributed by atoms with Crippen LogP contribution in [-0.2, 0) is 0 Å². The van der Waals surface area contributed by atoms with Crippen molar-refractivity contribution in [2.24, 2.45) is 4.99 Å². The third kappa shape index (κ3) is 5.30. The van der Waals surface area contributed by atoms with Crippen LogP contribution in [0.25, 0.3) is 70.1 Å². The lowest BCUT2D eigenvalue weighted by Gasteiger charge is -2.15. The van der Waals surface area contributed by atoms with Gasteiger partial charge in [-0.05, 0) is 95.3 Å². The fourth-order valence-corrected chi connectivity index (χ4v) is 8.96. The molecule has 0 saturated carbocycles. The highest BCUT2D eigenvalue weighted by atomic mass is 32.1. The summed E-state index contributed by atoms with van der Waals surface area (Å²) in [5, 5.41) is 5.14. The second kappa shape index (κ2) is 12.8. The van der Waals surface area contributed by atoms with E-state index in [9.17, 15) is 0 Å². The van der Waals surface area contributed by atoms with E-state index in [1.54, 1.807) is 0 Å². The summed E-state index contributed by atoms with van der Waals surface area (Å²) in [6, 6.07) is 61.3. The Morgan fingerprint density at radius 2 is 1.17 bits per heavy atom. The first kappa shape index (κ1) is 30.5. The number of fused-ring (bicyclic) bond motifs is 6. The third-order valence-corrected chi connectivity index (χ3v) is 11.4. The number of aliphatic imine (C=N–C) groups is 1. The SMILES string of the molecule is C1=C(/c2ccccc2)N=C(c2ccccc2)CC\C=C/1c1cccc2sc3ccc(-c4ccc5c(c4)c4ccccc4n5-c4ccccc4)cc3c12. The monoisotopic (exact) mass is 682 g/mol. The van der Waals surface area contributed by atoms with E-state index >= 15 is 0 Å². The number of allylic oxidation sites excluding steroid dienone is 3. The van der Waals surface area contributed by atoms with E-state index in [1.807, 2.05) is 11.3 Å². The van der Waals surface area contributed by atoms with Crippen LogP contribution >= 0.6 is 11.3 Å². The van der Waals surface area contributed by atoms with Crippen molar-refractivity contribution in [1.29, 1.82) is 0 Å². The summed E-state index contributed by atoms with van der Waals surface area (Å²) >= 11 is 1.87. The van der Waals surface area contributed by atoms with Crippen LogP contribution in [0.4, 0.5) is 0 Å². The average Bonchev–Trinajstić information content (AvgIpc) is 3.74. The second-order valence-corrected chi connectivity index (χ2v) is 14.5. The minimum absolute atomic E-state index is 0.880. The fourth-order valence-electron chi connectivity index (χ4n) is 7.84. The van der Waals surface area contributed by atoms with Crippen molar-refractivity contribution < 1.29 is 0 Å².